The number of hydrogen-bond acceptors (Lipinski definition) is 4. The summed E-state index contributed by atoms with van der Waals surface area (Å²) in [5.74, 6) is -0.350. The zero-order valence-electron chi connectivity index (χ0n) is 15.0. The number of carbonyl (C=O) groups excluding carboxylic acids is 2. The molecule has 0 aromatic heterocycles. The maximum Gasteiger partial charge on any atom is 0.411 e. The van der Waals surface area contributed by atoms with Crippen molar-refractivity contribution in [1.29, 1.82) is 0 Å². The van der Waals surface area contributed by atoms with E-state index in [1.54, 1.807) is 11.8 Å². The average molecular weight is 333 g/mol. The highest BCUT2D eigenvalue weighted by Gasteiger charge is 2.52. The van der Waals surface area contributed by atoms with Crippen LogP contribution in [-0.4, -0.2) is 41.3 Å². The molecule has 0 bridgehead atoms. The maximum atomic E-state index is 12.8. The molecular formula is C19H27NO4. The molecule has 1 saturated heterocycles. The molecule has 1 heterocycles. The summed E-state index contributed by atoms with van der Waals surface area (Å²) in [4.78, 5) is 27.0. The number of hydrogen-bond donors (Lipinski definition) is 0. The molecule has 1 aromatic carbocycles. The van der Waals surface area contributed by atoms with Gasteiger partial charge in [-0.25, -0.2) is 9.59 Å². The second kappa shape index (κ2) is 7.24. The first-order valence-corrected chi connectivity index (χ1v) is 8.50. The van der Waals surface area contributed by atoms with Crippen LogP contribution in [0, 0.1) is 0 Å². The van der Waals surface area contributed by atoms with Crippen molar-refractivity contribution in [2.75, 3.05) is 13.2 Å². The Hall–Kier alpha value is -2.04. The summed E-state index contributed by atoms with van der Waals surface area (Å²) in [5, 5.41) is 0. The Bertz CT molecular complexity index is 579. The molecule has 1 aromatic rings. The van der Waals surface area contributed by atoms with Crippen molar-refractivity contribution < 1.29 is 19.1 Å². The van der Waals surface area contributed by atoms with E-state index in [0.717, 1.165) is 12.0 Å². The van der Waals surface area contributed by atoms with Crippen molar-refractivity contribution in [2.24, 2.45) is 0 Å². The second-order valence-corrected chi connectivity index (χ2v) is 7.15. The number of nitrogens with zero attached hydrogens (tertiary/aromatic N) is 1. The Balaban J connectivity index is 2.33. The van der Waals surface area contributed by atoms with E-state index >= 15 is 0 Å². The molecule has 24 heavy (non-hydrogen) atoms. The minimum absolute atomic E-state index is 0.289. The van der Waals surface area contributed by atoms with Crippen molar-refractivity contribution in [3.05, 3.63) is 35.9 Å². The van der Waals surface area contributed by atoms with Crippen LogP contribution in [-0.2, 0) is 20.7 Å². The number of amides is 1. The first kappa shape index (κ1) is 18.3. The van der Waals surface area contributed by atoms with Crippen molar-refractivity contribution in [3.63, 3.8) is 0 Å². The Morgan fingerprint density at radius 3 is 2.46 bits per heavy atom. The van der Waals surface area contributed by atoms with Gasteiger partial charge in [-0.3, -0.25) is 4.90 Å². The van der Waals surface area contributed by atoms with Gasteiger partial charge >= 0.3 is 12.1 Å². The monoisotopic (exact) mass is 333 g/mol. The maximum absolute atomic E-state index is 12.8. The van der Waals surface area contributed by atoms with Gasteiger partial charge in [-0.15, -0.1) is 0 Å². The number of benzene rings is 1. The number of likely N-dealkylation sites (tertiary alicyclic amines) is 1. The minimum atomic E-state index is -0.986. The summed E-state index contributed by atoms with van der Waals surface area (Å²) in [7, 11) is 0. The van der Waals surface area contributed by atoms with Crippen LogP contribution in [0.5, 0.6) is 0 Å². The van der Waals surface area contributed by atoms with Crippen LogP contribution in [0.3, 0.4) is 0 Å². The normalized spacial score (nSPS) is 20.8. The van der Waals surface area contributed by atoms with E-state index in [1.165, 1.54) is 0 Å². The summed E-state index contributed by atoms with van der Waals surface area (Å²) >= 11 is 0. The predicted molar refractivity (Wildman–Crippen MR) is 91.7 cm³/mol. The zero-order valence-corrected chi connectivity index (χ0v) is 15.0. The van der Waals surface area contributed by atoms with E-state index in [1.807, 2.05) is 51.1 Å². The molecule has 0 saturated carbocycles. The van der Waals surface area contributed by atoms with Gasteiger partial charge in [0.2, 0.25) is 0 Å². The fourth-order valence-electron chi connectivity index (χ4n) is 3.13. The number of rotatable bonds is 4. The largest absolute Gasteiger partial charge is 0.464 e. The lowest BCUT2D eigenvalue weighted by atomic mass is 9.88. The van der Waals surface area contributed by atoms with Crippen LogP contribution in [0.1, 0.15) is 46.1 Å². The summed E-state index contributed by atoms with van der Waals surface area (Å²) in [6.07, 6.45) is 1.32. The molecule has 1 atom stereocenters. The number of esters is 1. The fourth-order valence-corrected chi connectivity index (χ4v) is 3.13. The number of ether oxygens (including phenoxy) is 2. The molecule has 0 unspecified atom stereocenters. The SMILES string of the molecule is CCOC(=O)[C@]1(Cc2ccccc2)CCCN1C(=O)OC(C)(C)C. The molecule has 0 radical (unpaired) electrons. The van der Waals surface area contributed by atoms with Crippen LogP contribution < -0.4 is 0 Å². The van der Waals surface area contributed by atoms with Crippen LogP contribution in [0.25, 0.3) is 0 Å². The Morgan fingerprint density at radius 1 is 1.21 bits per heavy atom. The highest BCUT2D eigenvalue weighted by Crippen LogP contribution is 2.35. The molecule has 1 aliphatic heterocycles. The van der Waals surface area contributed by atoms with E-state index in [9.17, 15) is 9.59 Å². The highest BCUT2D eigenvalue weighted by molar-refractivity contribution is 5.87. The smallest absolute Gasteiger partial charge is 0.411 e. The first-order valence-electron chi connectivity index (χ1n) is 8.50. The topological polar surface area (TPSA) is 55.8 Å². The summed E-state index contributed by atoms with van der Waals surface area (Å²) < 4.78 is 10.8. The van der Waals surface area contributed by atoms with E-state index < -0.39 is 17.2 Å². The molecule has 1 aliphatic rings. The molecule has 5 nitrogen and oxygen atoms in total. The Kier molecular flexibility index (Phi) is 5.52. The van der Waals surface area contributed by atoms with Gasteiger partial charge < -0.3 is 9.47 Å². The molecule has 0 aliphatic carbocycles. The average Bonchev–Trinajstić information content (AvgIpc) is 2.92. The summed E-state index contributed by atoms with van der Waals surface area (Å²) in [6.45, 7) is 8.04. The minimum Gasteiger partial charge on any atom is -0.464 e. The van der Waals surface area contributed by atoms with E-state index in [2.05, 4.69) is 0 Å². The predicted octanol–water partition coefficient (Wildman–Crippen LogP) is 3.56. The third kappa shape index (κ3) is 4.08. The van der Waals surface area contributed by atoms with E-state index in [4.69, 9.17) is 9.47 Å². The van der Waals surface area contributed by atoms with Crippen LogP contribution >= 0.6 is 0 Å². The highest BCUT2D eigenvalue weighted by atomic mass is 16.6. The first-order chi connectivity index (χ1) is 11.3. The molecule has 2 rings (SSSR count). The molecule has 5 heteroatoms. The fraction of sp³-hybridized carbons (Fsp3) is 0.579. The quantitative estimate of drug-likeness (QED) is 0.791. The van der Waals surface area contributed by atoms with Crippen molar-refractivity contribution >= 4 is 12.1 Å². The molecule has 132 valence electrons. The Morgan fingerprint density at radius 2 is 1.88 bits per heavy atom. The second-order valence-electron chi connectivity index (χ2n) is 7.15. The van der Waals surface area contributed by atoms with Crippen LogP contribution in [0.15, 0.2) is 30.3 Å². The van der Waals surface area contributed by atoms with Crippen molar-refractivity contribution in [2.45, 2.75) is 58.1 Å². The lowest BCUT2D eigenvalue weighted by Gasteiger charge is -2.37. The third-order valence-electron chi connectivity index (χ3n) is 4.10. The lowest BCUT2D eigenvalue weighted by Crippen LogP contribution is -2.56. The van der Waals surface area contributed by atoms with Crippen LogP contribution in [0.4, 0.5) is 4.79 Å². The van der Waals surface area contributed by atoms with Crippen molar-refractivity contribution in [3.8, 4) is 0 Å². The Labute approximate surface area is 143 Å². The zero-order chi connectivity index (χ0) is 17.8. The summed E-state index contributed by atoms with van der Waals surface area (Å²) in [6, 6.07) is 9.72. The lowest BCUT2D eigenvalue weighted by molar-refractivity contribution is -0.155. The van der Waals surface area contributed by atoms with Gasteiger partial charge in [-0.1, -0.05) is 30.3 Å². The molecule has 1 fully saturated rings. The van der Waals surface area contributed by atoms with Crippen molar-refractivity contribution in [1.82, 2.24) is 4.90 Å². The molecule has 0 N–H and O–H groups in total. The standard InChI is InChI=1S/C19H27NO4/c1-5-23-16(21)19(14-15-10-7-6-8-11-15)12-9-13-20(19)17(22)24-18(2,3)4/h6-8,10-11H,5,9,12-14H2,1-4H3/t19-/m1/s1. The third-order valence-corrected chi connectivity index (χ3v) is 4.10. The van der Waals surface area contributed by atoms with Gasteiger partial charge in [0.05, 0.1) is 6.61 Å². The van der Waals surface area contributed by atoms with Gasteiger partial charge in [-0.2, -0.15) is 0 Å². The van der Waals surface area contributed by atoms with Gasteiger partial charge in [-0.05, 0) is 46.1 Å². The van der Waals surface area contributed by atoms with Gasteiger partial charge in [0.25, 0.3) is 0 Å². The van der Waals surface area contributed by atoms with E-state index in [0.29, 0.717) is 19.4 Å². The van der Waals surface area contributed by atoms with Gasteiger partial charge in [0, 0.05) is 13.0 Å². The summed E-state index contributed by atoms with van der Waals surface area (Å²) in [5.41, 5.74) is -0.590. The van der Waals surface area contributed by atoms with Gasteiger partial charge in [0.15, 0.2) is 0 Å². The van der Waals surface area contributed by atoms with Crippen LogP contribution in [0.2, 0.25) is 0 Å². The molecule has 1 amide bonds. The van der Waals surface area contributed by atoms with E-state index in [-0.39, 0.29) is 12.6 Å². The molecular weight excluding hydrogens is 306 g/mol. The number of carbonyl (C=O) groups is 2. The molecule has 0 spiro atoms. The van der Waals surface area contributed by atoms with Gasteiger partial charge in [0.1, 0.15) is 11.1 Å².